The molecule has 0 amide bonds. The summed E-state index contributed by atoms with van der Waals surface area (Å²) < 4.78 is 5.48. The lowest BCUT2D eigenvalue weighted by molar-refractivity contribution is 0.0229. The molecular weight excluding hydrogens is 338 g/mol. The number of aromatic hydroxyl groups is 1. The minimum Gasteiger partial charge on any atom is -0.505 e. The smallest absolute Gasteiger partial charge is 0.147 e. The van der Waals surface area contributed by atoms with Gasteiger partial charge in [-0.15, -0.1) is 0 Å². The van der Waals surface area contributed by atoms with Gasteiger partial charge in [-0.25, -0.2) is 0 Å². The zero-order valence-corrected chi connectivity index (χ0v) is 14.4. The highest BCUT2D eigenvalue weighted by atomic mass is 35.5. The molecule has 1 unspecified atom stereocenters. The molecule has 2 aromatic heterocycles. The summed E-state index contributed by atoms with van der Waals surface area (Å²) in [5.74, 6) is 0.155. The first-order valence-corrected chi connectivity index (χ1v) is 8.62. The molecule has 3 aromatic rings. The van der Waals surface area contributed by atoms with E-state index in [1.807, 2.05) is 36.4 Å². The Kier molecular flexibility index (Phi) is 4.53. The molecule has 4 rings (SSSR count). The van der Waals surface area contributed by atoms with Crippen LogP contribution in [0.1, 0.15) is 17.3 Å². The Morgan fingerprint density at radius 2 is 1.88 bits per heavy atom. The van der Waals surface area contributed by atoms with Gasteiger partial charge in [0.1, 0.15) is 11.3 Å². The molecular formula is C19H18ClN3O2. The maximum Gasteiger partial charge on any atom is 0.147 e. The number of aromatic nitrogens is 2. The largest absolute Gasteiger partial charge is 0.505 e. The summed E-state index contributed by atoms with van der Waals surface area (Å²) in [5, 5.41) is 12.2. The fraction of sp³-hybridized carbons (Fsp3) is 0.263. The summed E-state index contributed by atoms with van der Waals surface area (Å²) >= 11 is 6.49. The van der Waals surface area contributed by atoms with Crippen molar-refractivity contribution in [1.29, 1.82) is 0 Å². The molecule has 5 nitrogen and oxygen atoms in total. The third kappa shape index (κ3) is 3.06. The summed E-state index contributed by atoms with van der Waals surface area (Å²) in [6.07, 6.45) is 3.42. The van der Waals surface area contributed by atoms with E-state index in [1.165, 1.54) is 0 Å². The first kappa shape index (κ1) is 16.3. The fourth-order valence-corrected chi connectivity index (χ4v) is 3.60. The molecule has 3 heterocycles. The molecule has 25 heavy (non-hydrogen) atoms. The SMILES string of the molecule is Oc1c(C(c2ccccn2)N2CCOCC2)cc(Cl)c2cccnc12. The number of fused-ring (bicyclic) bond motifs is 1. The number of morpholine rings is 1. The van der Waals surface area contributed by atoms with Gasteiger partial charge >= 0.3 is 0 Å². The third-order valence-corrected chi connectivity index (χ3v) is 4.83. The van der Waals surface area contributed by atoms with Gasteiger partial charge in [0, 0.05) is 36.4 Å². The Hall–Kier alpha value is -2.21. The Morgan fingerprint density at radius 1 is 1.08 bits per heavy atom. The number of hydrogen-bond acceptors (Lipinski definition) is 5. The van der Waals surface area contributed by atoms with Crippen molar-refractivity contribution in [3.8, 4) is 5.75 Å². The van der Waals surface area contributed by atoms with Crippen molar-refractivity contribution in [2.75, 3.05) is 26.3 Å². The van der Waals surface area contributed by atoms with Crippen LogP contribution in [0.4, 0.5) is 0 Å². The van der Waals surface area contributed by atoms with Gasteiger partial charge in [0.05, 0.1) is 30.0 Å². The second kappa shape index (κ2) is 6.96. The van der Waals surface area contributed by atoms with Crippen LogP contribution in [0.3, 0.4) is 0 Å². The summed E-state index contributed by atoms with van der Waals surface area (Å²) in [6, 6.07) is 11.1. The van der Waals surface area contributed by atoms with Crippen LogP contribution in [0.5, 0.6) is 5.75 Å². The van der Waals surface area contributed by atoms with Crippen molar-refractivity contribution in [3.63, 3.8) is 0 Å². The Morgan fingerprint density at radius 3 is 2.64 bits per heavy atom. The highest BCUT2D eigenvalue weighted by Crippen LogP contribution is 2.40. The minimum atomic E-state index is -0.200. The van der Waals surface area contributed by atoms with Gasteiger partial charge in [0.25, 0.3) is 0 Å². The molecule has 0 spiro atoms. The first-order valence-electron chi connectivity index (χ1n) is 8.24. The maximum atomic E-state index is 10.9. The van der Waals surface area contributed by atoms with E-state index < -0.39 is 0 Å². The number of phenolic OH excluding ortho intramolecular Hbond substituents is 1. The normalized spacial score (nSPS) is 16.8. The number of benzene rings is 1. The summed E-state index contributed by atoms with van der Waals surface area (Å²) in [6.45, 7) is 2.84. The van der Waals surface area contributed by atoms with Crippen LogP contribution in [0, 0.1) is 0 Å². The number of hydrogen-bond donors (Lipinski definition) is 1. The van der Waals surface area contributed by atoms with E-state index in [2.05, 4.69) is 14.9 Å². The van der Waals surface area contributed by atoms with E-state index in [1.54, 1.807) is 12.4 Å². The lowest BCUT2D eigenvalue weighted by Crippen LogP contribution is -2.39. The van der Waals surface area contributed by atoms with Gasteiger partial charge in [-0.05, 0) is 30.3 Å². The molecule has 128 valence electrons. The van der Waals surface area contributed by atoms with Crippen molar-refractivity contribution in [1.82, 2.24) is 14.9 Å². The van der Waals surface area contributed by atoms with E-state index in [0.717, 1.165) is 29.7 Å². The molecule has 1 aliphatic rings. The van der Waals surface area contributed by atoms with Gasteiger partial charge < -0.3 is 9.84 Å². The number of rotatable bonds is 3. The van der Waals surface area contributed by atoms with Crippen LogP contribution in [0.15, 0.2) is 48.8 Å². The molecule has 0 radical (unpaired) electrons. The van der Waals surface area contributed by atoms with E-state index in [9.17, 15) is 5.11 Å². The predicted octanol–water partition coefficient (Wildman–Crippen LogP) is 3.41. The highest BCUT2D eigenvalue weighted by molar-refractivity contribution is 6.35. The summed E-state index contributed by atoms with van der Waals surface area (Å²) in [5.41, 5.74) is 2.10. The zero-order chi connectivity index (χ0) is 17.2. The van der Waals surface area contributed by atoms with Gasteiger partial charge in [-0.1, -0.05) is 17.7 Å². The lowest BCUT2D eigenvalue weighted by atomic mass is 9.97. The average molecular weight is 356 g/mol. The van der Waals surface area contributed by atoms with Gasteiger partial charge in [0.15, 0.2) is 0 Å². The lowest BCUT2D eigenvalue weighted by Gasteiger charge is -2.34. The van der Waals surface area contributed by atoms with E-state index in [-0.39, 0.29) is 11.8 Å². The third-order valence-electron chi connectivity index (χ3n) is 4.52. The van der Waals surface area contributed by atoms with E-state index in [4.69, 9.17) is 16.3 Å². The van der Waals surface area contributed by atoms with Crippen molar-refractivity contribution < 1.29 is 9.84 Å². The molecule has 1 saturated heterocycles. The first-order chi connectivity index (χ1) is 12.3. The van der Waals surface area contributed by atoms with Crippen LogP contribution in [-0.4, -0.2) is 46.3 Å². The quantitative estimate of drug-likeness (QED) is 0.780. The fourth-order valence-electron chi connectivity index (χ4n) is 3.33. The second-order valence-electron chi connectivity index (χ2n) is 6.00. The molecule has 0 bridgehead atoms. The van der Waals surface area contributed by atoms with Gasteiger partial charge in [-0.3, -0.25) is 14.9 Å². The number of halogens is 1. The van der Waals surface area contributed by atoms with Gasteiger partial charge in [0.2, 0.25) is 0 Å². The van der Waals surface area contributed by atoms with Gasteiger partial charge in [-0.2, -0.15) is 0 Å². The summed E-state index contributed by atoms with van der Waals surface area (Å²) in [4.78, 5) is 11.1. The Labute approximate surface area is 150 Å². The highest BCUT2D eigenvalue weighted by Gasteiger charge is 2.29. The topological polar surface area (TPSA) is 58.5 Å². The van der Waals surface area contributed by atoms with Crippen LogP contribution >= 0.6 is 11.6 Å². The Bertz CT molecular complexity index is 882. The molecule has 1 aliphatic heterocycles. The number of phenols is 1. The number of nitrogens with zero attached hydrogens (tertiary/aromatic N) is 3. The molecule has 1 N–H and O–H groups in total. The van der Waals surface area contributed by atoms with Crippen molar-refractivity contribution >= 4 is 22.5 Å². The predicted molar refractivity (Wildman–Crippen MR) is 96.9 cm³/mol. The van der Waals surface area contributed by atoms with Crippen molar-refractivity contribution in [2.24, 2.45) is 0 Å². The van der Waals surface area contributed by atoms with Crippen LogP contribution < -0.4 is 0 Å². The molecule has 0 saturated carbocycles. The second-order valence-corrected chi connectivity index (χ2v) is 6.41. The van der Waals surface area contributed by atoms with Crippen LogP contribution in [-0.2, 0) is 4.74 Å². The van der Waals surface area contributed by atoms with Crippen LogP contribution in [0.25, 0.3) is 10.9 Å². The molecule has 1 fully saturated rings. The van der Waals surface area contributed by atoms with Crippen molar-refractivity contribution in [2.45, 2.75) is 6.04 Å². The molecule has 6 heteroatoms. The van der Waals surface area contributed by atoms with E-state index >= 15 is 0 Å². The zero-order valence-electron chi connectivity index (χ0n) is 13.6. The molecule has 1 aromatic carbocycles. The summed E-state index contributed by atoms with van der Waals surface area (Å²) in [7, 11) is 0. The standard InChI is InChI=1S/C19H18ClN3O2/c20-15-12-14(19(24)17-13(15)4-3-7-22-17)18(16-5-1-2-6-21-16)23-8-10-25-11-9-23/h1-7,12,18,24H,8-11H2. The van der Waals surface area contributed by atoms with Crippen LogP contribution in [0.2, 0.25) is 5.02 Å². The monoisotopic (exact) mass is 355 g/mol. The number of pyridine rings is 2. The Balaban J connectivity index is 1.90. The molecule has 1 atom stereocenters. The maximum absolute atomic E-state index is 10.9. The molecule has 0 aliphatic carbocycles. The van der Waals surface area contributed by atoms with Crippen molar-refractivity contribution in [3.05, 3.63) is 65.1 Å². The minimum absolute atomic E-state index is 0.155. The average Bonchev–Trinajstić information content (AvgIpc) is 2.68. The van der Waals surface area contributed by atoms with E-state index in [0.29, 0.717) is 23.8 Å². The number of ether oxygens (including phenoxy) is 1.